The van der Waals surface area contributed by atoms with E-state index in [9.17, 15) is 9.59 Å². The Labute approximate surface area is 125 Å². The minimum atomic E-state index is -0.810. The summed E-state index contributed by atoms with van der Waals surface area (Å²) in [6, 6.07) is 7.34. The van der Waals surface area contributed by atoms with E-state index in [1.165, 1.54) is 0 Å². The Bertz CT molecular complexity index is 651. The van der Waals surface area contributed by atoms with E-state index in [4.69, 9.17) is 5.73 Å². The molecule has 21 heavy (non-hydrogen) atoms. The van der Waals surface area contributed by atoms with Crippen LogP contribution >= 0.6 is 11.3 Å². The number of imide groups is 1. The van der Waals surface area contributed by atoms with Crippen molar-refractivity contribution in [3.63, 3.8) is 0 Å². The highest BCUT2D eigenvalue weighted by molar-refractivity contribution is 7.18. The molecular formula is C14H16N4O2S. The number of thiazole rings is 1. The lowest BCUT2D eigenvalue weighted by molar-refractivity contribution is -0.121. The van der Waals surface area contributed by atoms with Crippen LogP contribution in [0.25, 0.3) is 10.2 Å². The number of amides is 3. The van der Waals surface area contributed by atoms with Gasteiger partial charge in [-0.25, -0.2) is 9.78 Å². The van der Waals surface area contributed by atoms with Gasteiger partial charge >= 0.3 is 6.03 Å². The van der Waals surface area contributed by atoms with E-state index in [1.807, 2.05) is 18.2 Å². The number of fused-ring (bicyclic) bond motifs is 1. The van der Waals surface area contributed by atoms with Crippen LogP contribution in [0, 0.1) is 0 Å². The van der Waals surface area contributed by atoms with Gasteiger partial charge in [0.05, 0.1) is 22.8 Å². The summed E-state index contributed by atoms with van der Waals surface area (Å²) in [5.41, 5.74) is 5.96. The monoisotopic (exact) mass is 304 g/mol. The van der Waals surface area contributed by atoms with Crippen molar-refractivity contribution >= 4 is 33.5 Å². The third-order valence-electron chi connectivity index (χ3n) is 3.57. The molecule has 2 aromatic rings. The maximum atomic E-state index is 11.7. The molecular weight excluding hydrogens is 288 g/mol. The van der Waals surface area contributed by atoms with Crippen molar-refractivity contribution in [2.24, 2.45) is 5.73 Å². The second kappa shape index (κ2) is 5.79. The largest absolute Gasteiger partial charge is 0.351 e. The molecule has 3 amide bonds. The molecule has 3 rings (SSSR count). The Hall–Kier alpha value is -1.99. The van der Waals surface area contributed by atoms with Crippen LogP contribution in [0.15, 0.2) is 24.3 Å². The quantitative estimate of drug-likeness (QED) is 0.902. The summed E-state index contributed by atoms with van der Waals surface area (Å²) in [6.07, 6.45) is 1.99. The Balaban J connectivity index is 1.77. The molecule has 0 radical (unpaired) electrons. The van der Waals surface area contributed by atoms with Gasteiger partial charge in [-0.1, -0.05) is 12.1 Å². The Morgan fingerprint density at radius 2 is 2.24 bits per heavy atom. The fraction of sp³-hybridized carbons (Fsp3) is 0.357. The molecule has 0 aliphatic carbocycles. The number of likely N-dealkylation sites (tertiary alicyclic amines) is 1. The van der Waals surface area contributed by atoms with Crippen molar-refractivity contribution in [1.82, 2.24) is 15.2 Å². The number of nitrogens with two attached hydrogens (primary N) is 1. The fourth-order valence-corrected chi connectivity index (χ4v) is 3.83. The molecule has 7 heteroatoms. The van der Waals surface area contributed by atoms with Crippen LogP contribution in [-0.4, -0.2) is 34.9 Å². The van der Waals surface area contributed by atoms with Crippen LogP contribution in [0.2, 0.25) is 0 Å². The SMILES string of the molecule is NC(=O)NC(=O)CN1CCC[C@@H]1c1nc2ccccc2s1. The molecule has 3 N–H and O–H groups in total. The van der Waals surface area contributed by atoms with Crippen molar-refractivity contribution in [2.45, 2.75) is 18.9 Å². The maximum absolute atomic E-state index is 11.7. The van der Waals surface area contributed by atoms with Gasteiger partial charge < -0.3 is 5.73 Å². The molecule has 1 aromatic heterocycles. The minimum Gasteiger partial charge on any atom is -0.351 e. The summed E-state index contributed by atoms with van der Waals surface area (Å²) in [5.74, 6) is -0.365. The van der Waals surface area contributed by atoms with Crippen LogP contribution < -0.4 is 11.1 Å². The summed E-state index contributed by atoms with van der Waals surface area (Å²) in [5, 5.41) is 3.14. The first-order valence-corrected chi connectivity index (χ1v) is 7.64. The number of primary amides is 1. The van der Waals surface area contributed by atoms with E-state index < -0.39 is 6.03 Å². The number of nitrogens with zero attached hydrogens (tertiary/aromatic N) is 2. The van der Waals surface area contributed by atoms with E-state index in [-0.39, 0.29) is 18.5 Å². The number of benzene rings is 1. The number of urea groups is 1. The molecule has 0 saturated carbocycles. The lowest BCUT2D eigenvalue weighted by Gasteiger charge is -2.21. The summed E-state index contributed by atoms with van der Waals surface area (Å²) < 4.78 is 1.15. The van der Waals surface area contributed by atoms with Gasteiger partial charge in [-0.3, -0.25) is 15.0 Å². The van der Waals surface area contributed by atoms with Crippen molar-refractivity contribution < 1.29 is 9.59 Å². The highest BCUT2D eigenvalue weighted by atomic mass is 32.1. The molecule has 0 spiro atoms. The molecule has 110 valence electrons. The highest BCUT2D eigenvalue weighted by Crippen LogP contribution is 2.35. The standard InChI is InChI=1S/C14H16N4O2S/c15-14(20)17-12(19)8-18-7-3-5-10(18)13-16-9-4-1-2-6-11(9)21-13/h1-2,4,6,10H,3,5,7-8H2,(H3,15,17,19,20)/t10-/m1/s1. The summed E-state index contributed by atoms with van der Waals surface area (Å²) in [7, 11) is 0. The van der Waals surface area contributed by atoms with Gasteiger partial charge in [-0.2, -0.15) is 0 Å². The second-order valence-electron chi connectivity index (χ2n) is 5.06. The molecule has 0 unspecified atom stereocenters. The fourth-order valence-electron chi connectivity index (χ4n) is 2.69. The first-order chi connectivity index (χ1) is 10.1. The van der Waals surface area contributed by atoms with Gasteiger partial charge in [-0.05, 0) is 31.5 Å². The molecule has 1 aliphatic heterocycles. The van der Waals surface area contributed by atoms with Crippen molar-refractivity contribution in [2.75, 3.05) is 13.1 Å². The molecule has 1 aliphatic rings. The van der Waals surface area contributed by atoms with Crippen LogP contribution in [-0.2, 0) is 4.79 Å². The molecule has 0 bridgehead atoms. The van der Waals surface area contributed by atoms with E-state index in [0.29, 0.717) is 0 Å². The minimum absolute atomic E-state index is 0.140. The molecule has 6 nitrogen and oxygen atoms in total. The van der Waals surface area contributed by atoms with Crippen molar-refractivity contribution in [1.29, 1.82) is 0 Å². The summed E-state index contributed by atoms with van der Waals surface area (Å²) >= 11 is 1.66. The smallest absolute Gasteiger partial charge is 0.318 e. The van der Waals surface area contributed by atoms with Gasteiger partial charge in [0.15, 0.2) is 0 Å². The van der Waals surface area contributed by atoms with Crippen molar-refractivity contribution in [3.05, 3.63) is 29.3 Å². The lowest BCUT2D eigenvalue weighted by Crippen LogP contribution is -2.42. The van der Waals surface area contributed by atoms with E-state index in [0.717, 1.165) is 34.6 Å². The Morgan fingerprint density at radius 3 is 3.00 bits per heavy atom. The molecule has 1 atom stereocenters. The Kier molecular flexibility index (Phi) is 3.85. The zero-order chi connectivity index (χ0) is 14.8. The second-order valence-corrected chi connectivity index (χ2v) is 6.12. The number of carbonyl (C=O) groups is 2. The number of rotatable bonds is 3. The highest BCUT2D eigenvalue weighted by Gasteiger charge is 2.30. The van der Waals surface area contributed by atoms with E-state index in [1.54, 1.807) is 11.3 Å². The number of para-hydroxylation sites is 1. The predicted octanol–water partition coefficient (Wildman–Crippen LogP) is 1.63. The molecule has 1 saturated heterocycles. The van der Waals surface area contributed by atoms with Gasteiger partial charge in [0.1, 0.15) is 5.01 Å². The van der Waals surface area contributed by atoms with Gasteiger partial charge in [0.2, 0.25) is 5.91 Å². The number of nitrogens with one attached hydrogen (secondary N) is 1. The Morgan fingerprint density at radius 1 is 1.43 bits per heavy atom. The number of hydrogen-bond donors (Lipinski definition) is 2. The first-order valence-electron chi connectivity index (χ1n) is 6.82. The first kappa shape index (κ1) is 14.0. The van der Waals surface area contributed by atoms with Crippen molar-refractivity contribution in [3.8, 4) is 0 Å². The van der Waals surface area contributed by atoms with Gasteiger partial charge in [-0.15, -0.1) is 11.3 Å². The van der Waals surface area contributed by atoms with Gasteiger partial charge in [0.25, 0.3) is 0 Å². The predicted molar refractivity (Wildman–Crippen MR) is 80.9 cm³/mol. The summed E-state index contributed by atoms with van der Waals surface area (Å²) in [4.78, 5) is 29.1. The number of hydrogen-bond acceptors (Lipinski definition) is 5. The summed E-state index contributed by atoms with van der Waals surface area (Å²) in [6.45, 7) is 0.996. The zero-order valence-corrected chi connectivity index (χ0v) is 12.2. The van der Waals surface area contributed by atoms with Crippen LogP contribution in [0.5, 0.6) is 0 Å². The third-order valence-corrected chi connectivity index (χ3v) is 4.71. The number of aromatic nitrogens is 1. The van der Waals surface area contributed by atoms with E-state index in [2.05, 4.69) is 21.3 Å². The average Bonchev–Trinajstić information content (AvgIpc) is 3.02. The van der Waals surface area contributed by atoms with Gasteiger partial charge in [0, 0.05) is 0 Å². The van der Waals surface area contributed by atoms with E-state index >= 15 is 0 Å². The zero-order valence-electron chi connectivity index (χ0n) is 11.4. The average molecular weight is 304 g/mol. The normalized spacial score (nSPS) is 19.0. The third kappa shape index (κ3) is 3.03. The van der Waals surface area contributed by atoms with Crippen LogP contribution in [0.4, 0.5) is 4.79 Å². The van der Waals surface area contributed by atoms with Crippen LogP contribution in [0.3, 0.4) is 0 Å². The topological polar surface area (TPSA) is 88.3 Å². The lowest BCUT2D eigenvalue weighted by atomic mass is 10.2. The molecule has 1 fully saturated rings. The number of carbonyl (C=O) groups excluding carboxylic acids is 2. The molecule has 1 aromatic carbocycles. The van der Waals surface area contributed by atoms with Crippen LogP contribution in [0.1, 0.15) is 23.9 Å². The molecule has 2 heterocycles. The maximum Gasteiger partial charge on any atom is 0.318 e.